The van der Waals surface area contributed by atoms with Crippen LogP contribution in [-0.2, 0) is 9.53 Å². The molecule has 0 saturated heterocycles. The molecular formula is C20H24F3O3. The van der Waals surface area contributed by atoms with Crippen LogP contribution in [0, 0.1) is 18.8 Å². The van der Waals surface area contributed by atoms with E-state index >= 15 is 0 Å². The first-order chi connectivity index (χ1) is 12.4. The summed E-state index contributed by atoms with van der Waals surface area (Å²) in [5.74, 6) is -0.746. The van der Waals surface area contributed by atoms with Crippen LogP contribution in [0.5, 0.6) is 5.75 Å². The first kappa shape index (κ1) is 20.3. The van der Waals surface area contributed by atoms with Crippen LogP contribution in [0.3, 0.4) is 0 Å². The van der Waals surface area contributed by atoms with Crippen LogP contribution >= 0.6 is 0 Å². The van der Waals surface area contributed by atoms with Crippen LogP contribution in [0.1, 0.15) is 37.7 Å². The molecule has 3 nitrogen and oxygen atoms in total. The molecule has 0 aromatic heterocycles. The SMILES string of the molecule is [CH2]CCOC(=O)/C=C/c1ccc(OCC2CCC(C(F)(F)F)CC2)cc1. The van der Waals surface area contributed by atoms with Crippen LogP contribution in [0.15, 0.2) is 30.3 Å². The van der Waals surface area contributed by atoms with E-state index in [-0.39, 0.29) is 18.8 Å². The van der Waals surface area contributed by atoms with Gasteiger partial charge < -0.3 is 9.47 Å². The van der Waals surface area contributed by atoms with E-state index in [4.69, 9.17) is 9.47 Å². The summed E-state index contributed by atoms with van der Waals surface area (Å²) in [5, 5.41) is 0. The average molecular weight is 369 g/mol. The lowest BCUT2D eigenvalue weighted by Gasteiger charge is -2.29. The van der Waals surface area contributed by atoms with Gasteiger partial charge in [0.1, 0.15) is 5.75 Å². The summed E-state index contributed by atoms with van der Waals surface area (Å²) in [4.78, 5) is 11.4. The van der Waals surface area contributed by atoms with Gasteiger partial charge in [0.25, 0.3) is 0 Å². The molecule has 0 N–H and O–H groups in total. The third-order valence-electron chi connectivity index (χ3n) is 4.48. The Morgan fingerprint density at radius 3 is 2.38 bits per heavy atom. The van der Waals surface area contributed by atoms with Crippen molar-refractivity contribution in [1.82, 2.24) is 0 Å². The van der Waals surface area contributed by atoms with Gasteiger partial charge in [-0.2, -0.15) is 13.2 Å². The van der Waals surface area contributed by atoms with E-state index < -0.39 is 18.1 Å². The third-order valence-corrected chi connectivity index (χ3v) is 4.48. The van der Waals surface area contributed by atoms with E-state index in [1.165, 1.54) is 6.08 Å². The Morgan fingerprint density at radius 2 is 1.81 bits per heavy atom. The molecule has 26 heavy (non-hydrogen) atoms. The maximum absolute atomic E-state index is 12.7. The molecule has 2 rings (SSSR count). The average Bonchev–Trinajstić information content (AvgIpc) is 2.63. The highest BCUT2D eigenvalue weighted by Gasteiger charge is 2.41. The number of carbonyl (C=O) groups is 1. The number of benzene rings is 1. The predicted molar refractivity (Wildman–Crippen MR) is 93.4 cm³/mol. The number of halogens is 3. The second-order valence-corrected chi connectivity index (χ2v) is 6.49. The highest BCUT2D eigenvalue weighted by molar-refractivity contribution is 5.87. The standard InChI is InChI=1S/C20H24F3O3/c1-2-13-25-19(24)12-7-15-5-10-18(11-6-15)26-14-16-3-8-17(9-4-16)20(21,22)23/h5-7,10-12,16-17H,1-4,8-9,13-14H2/b12-7+. The summed E-state index contributed by atoms with van der Waals surface area (Å²) >= 11 is 0. The maximum Gasteiger partial charge on any atom is 0.391 e. The lowest BCUT2D eigenvalue weighted by molar-refractivity contribution is -0.184. The summed E-state index contributed by atoms with van der Waals surface area (Å²) in [6, 6.07) is 7.17. The summed E-state index contributed by atoms with van der Waals surface area (Å²) in [7, 11) is 0. The molecule has 1 aliphatic carbocycles. The van der Waals surface area contributed by atoms with E-state index in [0.717, 1.165) is 5.56 Å². The molecule has 0 amide bonds. The Balaban J connectivity index is 1.74. The zero-order valence-corrected chi connectivity index (χ0v) is 14.6. The van der Waals surface area contributed by atoms with Crippen molar-refractivity contribution in [2.75, 3.05) is 13.2 Å². The molecule has 6 heteroatoms. The van der Waals surface area contributed by atoms with Gasteiger partial charge in [-0.25, -0.2) is 4.79 Å². The zero-order chi connectivity index (χ0) is 19.0. The Morgan fingerprint density at radius 1 is 1.15 bits per heavy atom. The van der Waals surface area contributed by atoms with Crippen molar-refractivity contribution in [2.45, 2.75) is 38.3 Å². The Labute approximate surface area is 152 Å². The molecule has 1 aromatic carbocycles. The summed E-state index contributed by atoms with van der Waals surface area (Å²) in [6.45, 7) is 4.31. The van der Waals surface area contributed by atoms with Crippen molar-refractivity contribution in [1.29, 1.82) is 0 Å². The van der Waals surface area contributed by atoms with Crippen molar-refractivity contribution >= 4 is 12.0 Å². The highest BCUT2D eigenvalue weighted by atomic mass is 19.4. The van der Waals surface area contributed by atoms with E-state index in [0.29, 0.717) is 38.2 Å². The third kappa shape index (κ3) is 6.73. The molecule has 1 radical (unpaired) electrons. The lowest BCUT2D eigenvalue weighted by atomic mass is 9.82. The summed E-state index contributed by atoms with van der Waals surface area (Å²) < 4.78 is 48.6. The van der Waals surface area contributed by atoms with E-state index in [2.05, 4.69) is 6.92 Å². The minimum atomic E-state index is -4.07. The smallest absolute Gasteiger partial charge is 0.391 e. The number of hydrogen-bond acceptors (Lipinski definition) is 3. The normalized spacial score (nSPS) is 20.9. The quantitative estimate of drug-likeness (QED) is 0.489. The Hall–Kier alpha value is -1.98. The van der Waals surface area contributed by atoms with Gasteiger partial charge in [-0.3, -0.25) is 0 Å². The molecule has 0 atom stereocenters. The van der Waals surface area contributed by atoms with Crippen LogP contribution in [-0.4, -0.2) is 25.4 Å². The summed E-state index contributed by atoms with van der Waals surface area (Å²) in [6.07, 6.45) is 0.911. The van der Waals surface area contributed by atoms with Crippen LogP contribution in [0.25, 0.3) is 6.08 Å². The van der Waals surface area contributed by atoms with Crippen molar-refractivity contribution in [2.24, 2.45) is 11.8 Å². The Kier molecular flexibility index (Phi) is 7.54. The molecule has 1 aliphatic rings. The second kappa shape index (κ2) is 9.64. The summed E-state index contributed by atoms with van der Waals surface area (Å²) in [5.41, 5.74) is 0.828. The number of alkyl halides is 3. The van der Waals surface area contributed by atoms with E-state index in [1.807, 2.05) is 0 Å². The number of carbonyl (C=O) groups excluding carboxylic acids is 1. The molecule has 0 spiro atoms. The number of rotatable bonds is 7. The van der Waals surface area contributed by atoms with Crippen molar-refractivity contribution in [3.63, 3.8) is 0 Å². The minimum Gasteiger partial charge on any atom is -0.493 e. The van der Waals surface area contributed by atoms with Crippen LogP contribution < -0.4 is 4.74 Å². The van der Waals surface area contributed by atoms with Crippen LogP contribution in [0.4, 0.5) is 13.2 Å². The molecule has 1 aromatic rings. The second-order valence-electron chi connectivity index (χ2n) is 6.49. The fourth-order valence-electron chi connectivity index (χ4n) is 2.93. The van der Waals surface area contributed by atoms with Crippen molar-refractivity contribution in [3.8, 4) is 5.75 Å². The number of ether oxygens (including phenoxy) is 2. The largest absolute Gasteiger partial charge is 0.493 e. The monoisotopic (exact) mass is 369 g/mol. The molecule has 1 saturated carbocycles. The molecular weight excluding hydrogens is 345 g/mol. The van der Waals surface area contributed by atoms with Gasteiger partial charge in [0.15, 0.2) is 0 Å². The van der Waals surface area contributed by atoms with Crippen molar-refractivity contribution in [3.05, 3.63) is 42.8 Å². The van der Waals surface area contributed by atoms with Gasteiger partial charge >= 0.3 is 12.1 Å². The van der Waals surface area contributed by atoms with Gasteiger partial charge in [-0.15, -0.1) is 0 Å². The van der Waals surface area contributed by atoms with Gasteiger partial charge in [0, 0.05) is 6.08 Å². The lowest BCUT2D eigenvalue weighted by Crippen LogP contribution is -2.29. The number of hydrogen-bond donors (Lipinski definition) is 0. The fourth-order valence-corrected chi connectivity index (χ4v) is 2.93. The van der Waals surface area contributed by atoms with Gasteiger partial charge in [-0.1, -0.05) is 12.1 Å². The van der Waals surface area contributed by atoms with Crippen molar-refractivity contribution < 1.29 is 27.4 Å². The van der Waals surface area contributed by atoms with Gasteiger partial charge in [0.2, 0.25) is 0 Å². The Bertz CT molecular complexity index is 585. The van der Waals surface area contributed by atoms with Gasteiger partial charge in [-0.05, 0) is 68.7 Å². The first-order valence-electron chi connectivity index (χ1n) is 8.82. The predicted octanol–water partition coefficient (Wildman–Crippen LogP) is 5.21. The maximum atomic E-state index is 12.7. The zero-order valence-electron chi connectivity index (χ0n) is 14.6. The highest BCUT2D eigenvalue weighted by Crippen LogP contribution is 2.39. The van der Waals surface area contributed by atoms with Crippen LogP contribution in [0.2, 0.25) is 0 Å². The molecule has 0 unspecified atom stereocenters. The molecule has 0 aliphatic heterocycles. The van der Waals surface area contributed by atoms with E-state index in [1.54, 1.807) is 30.3 Å². The minimum absolute atomic E-state index is 0.163. The molecule has 1 fully saturated rings. The topological polar surface area (TPSA) is 35.5 Å². The first-order valence-corrected chi connectivity index (χ1v) is 8.82. The molecule has 143 valence electrons. The number of esters is 1. The van der Waals surface area contributed by atoms with E-state index in [9.17, 15) is 18.0 Å². The molecule has 0 heterocycles. The van der Waals surface area contributed by atoms with Gasteiger partial charge in [0.05, 0.1) is 19.1 Å². The fraction of sp³-hybridized carbons (Fsp3) is 0.500. The molecule has 0 bridgehead atoms.